The van der Waals surface area contributed by atoms with Crippen LogP contribution in [0.1, 0.15) is 38.2 Å². The summed E-state index contributed by atoms with van der Waals surface area (Å²) in [4.78, 5) is 14.6. The maximum absolute atomic E-state index is 12.1. The van der Waals surface area contributed by atoms with Crippen LogP contribution in [0.4, 0.5) is 4.79 Å². The van der Waals surface area contributed by atoms with E-state index < -0.39 is 0 Å². The molecule has 3 rings (SSSR count). The predicted molar refractivity (Wildman–Crippen MR) is 90.6 cm³/mol. The maximum Gasteiger partial charge on any atom is 0.315 e. The lowest BCUT2D eigenvalue weighted by Crippen LogP contribution is -2.48. The lowest BCUT2D eigenvalue weighted by Gasteiger charge is -2.32. The zero-order valence-electron chi connectivity index (χ0n) is 13.9. The van der Waals surface area contributed by atoms with Crippen LogP contribution in [0.15, 0.2) is 24.3 Å². The SMILES string of the molecule is CCOc1cccc(CNC(=O)NC2CCN(C3CC3)CC2)c1. The second kappa shape index (κ2) is 7.68. The van der Waals surface area contributed by atoms with E-state index in [9.17, 15) is 4.79 Å². The summed E-state index contributed by atoms with van der Waals surface area (Å²) in [6, 6.07) is 8.92. The molecular formula is C18H27N3O2. The molecule has 0 radical (unpaired) electrons. The van der Waals surface area contributed by atoms with Crippen molar-refractivity contribution in [2.45, 2.75) is 51.2 Å². The Morgan fingerprint density at radius 1 is 1.26 bits per heavy atom. The Balaban J connectivity index is 1.38. The molecule has 1 heterocycles. The van der Waals surface area contributed by atoms with Crippen LogP contribution >= 0.6 is 0 Å². The average Bonchev–Trinajstić information content (AvgIpc) is 3.39. The summed E-state index contributed by atoms with van der Waals surface area (Å²) in [5.41, 5.74) is 1.05. The van der Waals surface area contributed by atoms with Crippen molar-refractivity contribution in [2.75, 3.05) is 19.7 Å². The molecule has 0 atom stereocenters. The van der Waals surface area contributed by atoms with Gasteiger partial charge in [0, 0.05) is 31.7 Å². The Kier molecular flexibility index (Phi) is 5.39. The first-order valence-electron chi connectivity index (χ1n) is 8.74. The number of likely N-dealkylation sites (tertiary alicyclic amines) is 1. The minimum Gasteiger partial charge on any atom is -0.494 e. The van der Waals surface area contributed by atoms with Crippen molar-refractivity contribution >= 4 is 6.03 Å². The lowest BCUT2D eigenvalue weighted by molar-refractivity contribution is 0.186. The van der Waals surface area contributed by atoms with Crippen LogP contribution < -0.4 is 15.4 Å². The Hall–Kier alpha value is -1.75. The number of urea groups is 1. The van der Waals surface area contributed by atoms with E-state index in [4.69, 9.17) is 4.74 Å². The van der Waals surface area contributed by atoms with Gasteiger partial charge in [0.1, 0.15) is 5.75 Å². The minimum absolute atomic E-state index is 0.0725. The van der Waals surface area contributed by atoms with Gasteiger partial charge < -0.3 is 20.3 Å². The van der Waals surface area contributed by atoms with Crippen LogP contribution in [0.3, 0.4) is 0 Å². The molecule has 2 fully saturated rings. The van der Waals surface area contributed by atoms with Gasteiger partial charge in [-0.2, -0.15) is 0 Å². The summed E-state index contributed by atoms with van der Waals surface area (Å²) in [6.45, 7) is 5.37. The molecule has 1 saturated heterocycles. The molecular weight excluding hydrogens is 290 g/mol. The van der Waals surface area contributed by atoms with Gasteiger partial charge in [-0.1, -0.05) is 12.1 Å². The van der Waals surface area contributed by atoms with Gasteiger partial charge >= 0.3 is 6.03 Å². The third-order valence-corrected chi connectivity index (χ3v) is 4.59. The van der Waals surface area contributed by atoms with E-state index in [0.717, 1.165) is 43.3 Å². The maximum atomic E-state index is 12.1. The molecule has 2 amide bonds. The Labute approximate surface area is 138 Å². The number of hydrogen-bond acceptors (Lipinski definition) is 3. The highest BCUT2D eigenvalue weighted by molar-refractivity contribution is 5.74. The smallest absolute Gasteiger partial charge is 0.315 e. The summed E-state index contributed by atoms with van der Waals surface area (Å²) in [5, 5.41) is 6.04. The van der Waals surface area contributed by atoms with Gasteiger partial charge in [0.2, 0.25) is 0 Å². The third kappa shape index (κ3) is 4.86. The van der Waals surface area contributed by atoms with Gasteiger partial charge in [-0.3, -0.25) is 0 Å². The average molecular weight is 317 g/mol. The van der Waals surface area contributed by atoms with Crippen LogP contribution in [0, 0.1) is 0 Å². The zero-order valence-corrected chi connectivity index (χ0v) is 13.9. The minimum atomic E-state index is -0.0725. The molecule has 1 aromatic rings. The van der Waals surface area contributed by atoms with Gasteiger partial charge in [-0.25, -0.2) is 4.79 Å². The van der Waals surface area contributed by atoms with E-state index in [1.54, 1.807) is 0 Å². The normalized spacial score (nSPS) is 19.3. The highest BCUT2D eigenvalue weighted by atomic mass is 16.5. The Bertz CT molecular complexity index is 523. The first-order valence-corrected chi connectivity index (χ1v) is 8.74. The summed E-state index contributed by atoms with van der Waals surface area (Å²) in [7, 11) is 0. The summed E-state index contributed by atoms with van der Waals surface area (Å²) in [6.07, 6.45) is 4.84. The number of ether oxygens (including phenoxy) is 1. The summed E-state index contributed by atoms with van der Waals surface area (Å²) in [5.74, 6) is 0.847. The van der Waals surface area contributed by atoms with Crippen molar-refractivity contribution in [1.29, 1.82) is 0 Å². The number of benzene rings is 1. The Morgan fingerprint density at radius 2 is 2.04 bits per heavy atom. The van der Waals surface area contributed by atoms with E-state index >= 15 is 0 Å². The van der Waals surface area contributed by atoms with Crippen molar-refractivity contribution in [3.63, 3.8) is 0 Å². The number of rotatable bonds is 6. The second-order valence-corrected chi connectivity index (χ2v) is 6.45. The first kappa shape index (κ1) is 16.1. The molecule has 1 aliphatic carbocycles. The van der Waals surface area contributed by atoms with Crippen LogP contribution in [0.2, 0.25) is 0 Å². The quantitative estimate of drug-likeness (QED) is 0.847. The number of carbonyl (C=O) groups excluding carboxylic acids is 1. The predicted octanol–water partition coefficient (Wildman–Crippen LogP) is 2.51. The second-order valence-electron chi connectivity index (χ2n) is 6.45. The summed E-state index contributed by atoms with van der Waals surface area (Å²) < 4.78 is 5.48. The topological polar surface area (TPSA) is 53.6 Å². The van der Waals surface area contributed by atoms with Gasteiger partial charge in [0.15, 0.2) is 0 Å². The molecule has 2 N–H and O–H groups in total. The van der Waals surface area contributed by atoms with Gasteiger partial charge in [0.05, 0.1) is 6.61 Å². The number of hydrogen-bond donors (Lipinski definition) is 2. The lowest BCUT2D eigenvalue weighted by atomic mass is 10.1. The van der Waals surface area contributed by atoms with Gasteiger partial charge in [-0.15, -0.1) is 0 Å². The van der Waals surface area contributed by atoms with Crippen LogP contribution in [-0.4, -0.2) is 42.7 Å². The van der Waals surface area contributed by atoms with Crippen molar-refractivity contribution < 1.29 is 9.53 Å². The van der Waals surface area contributed by atoms with Crippen LogP contribution in [0.5, 0.6) is 5.75 Å². The van der Waals surface area contributed by atoms with E-state index in [1.807, 2.05) is 31.2 Å². The number of nitrogens with one attached hydrogen (secondary N) is 2. The number of amides is 2. The largest absolute Gasteiger partial charge is 0.494 e. The zero-order chi connectivity index (χ0) is 16.1. The van der Waals surface area contributed by atoms with E-state index in [1.165, 1.54) is 12.8 Å². The first-order chi connectivity index (χ1) is 11.2. The van der Waals surface area contributed by atoms with Crippen molar-refractivity contribution in [3.05, 3.63) is 29.8 Å². The Morgan fingerprint density at radius 3 is 2.74 bits per heavy atom. The molecule has 0 unspecified atom stereocenters. The third-order valence-electron chi connectivity index (χ3n) is 4.59. The van der Waals surface area contributed by atoms with E-state index in [-0.39, 0.29) is 6.03 Å². The number of nitrogens with zero attached hydrogens (tertiary/aromatic N) is 1. The molecule has 2 aliphatic rings. The monoisotopic (exact) mass is 317 g/mol. The molecule has 0 aromatic heterocycles. The highest BCUT2D eigenvalue weighted by Crippen LogP contribution is 2.29. The number of carbonyl (C=O) groups is 1. The summed E-state index contributed by atoms with van der Waals surface area (Å²) >= 11 is 0. The highest BCUT2D eigenvalue weighted by Gasteiger charge is 2.31. The van der Waals surface area contributed by atoms with Crippen LogP contribution in [-0.2, 0) is 6.54 Å². The molecule has 0 bridgehead atoms. The van der Waals surface area contributed by atoms with Crippen molar-refractivity contribution in [3.8, 4) is 5.75 Å². The molecule has 1 aromatic carbocycles. The van der Waals surface area contributed by atoms with E-state index in [0.29, 0.717) is 19.2 Å². The molecule has 5 heteroatoms. The molecule has 0 spiro atoms. The fourth-order valence-corrected chi connectivity index (χ4v) is 3.18. The van der Waals surface area contributed by atoms with Crippen molar-refractivity contribution in [1.82, 2.24) is 15.5 Å². The fraction of sp³-hybridized carbons (Fsp3) is 0.611. The van der Waals surface area contributed by atoms with Gasteiger partial charge in [-0.05, 0) is 50.3 Å². The molecule has 126 valence electrons. The standard InChI is InChI=1S/C18H27N3O2/c1-2-23-17-5-3-4-14(12-17)13-19-18(22)20-15-8-10-21(11-9-15)16-6-7-16/h3-5,12,15-16H,2,6-11,13H2,1H3,(H2,19,20,22). The van der Waals surface area contributed by atoms with Crippen LogP contribution in [0.25, 0.3) is 0 Å². The molecule has 23 heavy (non-hydrogen) atoms. The molecule has 1 saturated carbocycles. The van der Waals surface area contributed by atoms with Crippen molar-refractivity contribution in [2.24, 2.45) is 0 Å². The van der Waals surface area contributed by atoms with E-state index in [2.05, 4.69) is 15.5 Å². The molecule has 5 nitrogen and oxygen atoms in total. The fourth-order valence-electron chi connectivity index (χ4n) is 3.18. The molecule has 1 aliphatic heterocycles. The number of piperidine rings is 1. The van der Waals surface area contributed by atoms with Gasteiger partial charge in [0.25, 0.3) is 0 Å².